The Bertz CT molecular complexity index is 1330. The highest BCUT2D eigenvalue weighted by Crippen LogP contribution is 2.41. The highest BCUT2D eigenvalue weighted by molar-refractivity contribution is 7.93. The van der Waals surface area contributed by atoms with Gasteiger partial charge in [0.2, 0.25) is 10.0 Å². The summed E-state index contributed by atoms with van der Waals surface area (Å²) in [6.07, 6.45) is 5.09. The van der Waals surface area contributed by atoms with Crippen LogP contribution in [-0.4, -0.2) is 34.5 Å². The second-order valence-corrected chi connectivity index (χ2v) is 11.3. The molecule has 1 saturated carbocycles. The predicted octanol–water partition coefficient (Wildman–Crippen LogP) is 3.63. The van der Waals surface area contributed by atoms with E-state index in [4.69, 9.17) is 5.73 Å². The average Bonchev–Trinajstić information content (AvgIpc) is 3.53. The Morgan fingerprint density at radius 2 is 2.00 bits per heavy atom. The number of nitrogens with one attached hydrogen (secondary N) is 1. The number of hydrogen-bond donors (Lipinski definition) is 2. The van der Waals surface area contributed by atoms with Crippen LogP contribution in [0.25, 0.3) is 11.3 Å². The number of sulfonamides is 1. The van der Waals surface area contributed by atoms with Crippen molar-refractivity contribution < 1.29 is 17.6 Å². The van der Waals surface area contributed by atoms with E-state index in [0.29, 0.717) is 36.2 Å². The largest absolute Gasteiger partial charge is 0.366 e. The number of carbonyl (C=O) groups excluding carboxylic acids is 1. The van der Waals surface area contributed by atoms with Crippen LogP contribution in [0.15, 0.2) is 29.9 Å². The molecule has 0 saturated heterocycles. The van der Waals surface area contributed by atoms with Gasteiger partial charge in [0.15, 0.2) is 5.13 Å². The van der Waals surface area contributed by atoms with Gasteiger partial charge < -0.3 is 5.73 Å². The third-order valence-corrected chi connectivity index (χ3v) is 8.41. The first-order valence-corrected chi connectivity index (χ1v) is 12.9. The average molecular weight is 490 g/mol. The van der Waals surface area contributed by atoms with Gasteiger partial charge in [-0.05, 0) is 39.2 Å². The monoisotopic (exact) mass is 489 g/mol. The van der Waals surface area contributed by atoms with Gasteiger partial charge in [-0.1, -0.05) is 13.0 Å². The molecular weight excluding hydrogens is 465 g/mol. The quantitative estimate of drug-likeness (QED) is 0.497. The number of aryl methyl sites for hydroxylation is 1. The van der Waals surface area contributed by atoms with E-state index >= 15 is 4.39 Å². The molecule has 2 aromatic heterocycles. The maximum absolute atomic E-state index is 15.7. The number of carbonyl (C=O) groups is 1. The van der Waals surface area contributed by atoms with Crippen molar-refractivity contribution >= 4 is 32.4 Å². The number of amides is 1. The molecule has 0 bridgehead atoms. The number of nitrogens with zero attached hydrogens (tertiary/aromatic N) is 3. The summed E-state index contributed by atoms with van der Waals surface area (Å²) >= 11 is 1.12. The van der Waals surface area contributed by atoms with E-state index in [2.05, 4.69) is 19.7 Å². The number of hydrogen-bond acceptors (Lipinski definition) is 7. The molecule has 8 nitrogen and oxygen atoms in total. The third kappa shape index (κ3) is 4.47. The summed E-state index contributed by atoms with van der Waals surface area (Å²) in [6.45, 7) is 5.45. The highest BCUT2D eigenvalue weighted by atomic mass is 32.2. The standard InChI is InChI=1S/C22H24FN5O3S2/c1-4-12-9-25-10-16(26-12)14-7-8-15(20(24)29)19(23)18(14)22(2,3)17-11-32-21(27-17)28-33(30,31)13-5-6-13/h7-11,13H,4-6H2,1-3H3,(H2,24,29)(H,27,28). The van der Waals surface area contributed by atoms with Crippen LogP contribution in [0.4, 0.5) is 9.52 Å². The molecule has 0 unspecified atom stereocenters. The zero-order chi connectivity index (χ0) is 24.0. The van der Waals surface area contributed by atoms with Gasteiger partial charge in [0, 0.05) is 28.1 Å². The lowest BCUT2D eigenvalue weighted by Gasteiger charge is -2.27. The number of thiazole rings is 1. The number of anilines is 1. The summed E-state index contributed by atoms with van der Waals surface area (Å²) in [5.41, 5.74) is 6.40. The number of halogens is 1. The van der Waals surface area contributed by atoms with Gasteiger partial charge in [-0.25, -0.2) is 22.8 Å². The summed E-state index contributed by atoms with van der Waals surface area (Å²) < 4.78 is 42.8. The summed E-state index contributed by atoms with van der Waals surface area (Å²) in [6, 6.07) is 2.94. The van der Waals surface area contributed by atoms with E-state index in [9.17, 15) is 13.2 Å². The van der Waals surface area contributed by atoms with Crippen molar-refractivity contribution in [1.82, 2.24) is 15.0 Å². The van der Waals surface area contributed by atoms with Crippen molar-refractivity contribution in [2.24, 2.45) is 5.73 Å². The lowest BCUT2D eigenvalue weighted by atomic mass is 9.77. The molecule has 33 heavy (non-hydrogen) atoms. The van der Waals surface area contributed by atoms with E-state index < -0.39 is 32.4 Å². The Kier molecular flexibility index (Phi) is 5.95. The van der Waals surface area contributed by atoms with Crippen molar-refractivity contribution in [3.63, 3.8) is 0 Å². The van der Waals surface area contributed by atoms with Crippen LogP contribution < -0.4 is 10.5 Å². The molecule has 174 valence electrons. The van der Waals surface area contributed by atoms with E-state index in [1.165, 1.54) is 12.3 Å². The van der Waals surface area contributed by atoms with E-state index in [-0.39, 0.29) is 16.3 Å². The van der Waals surface area contributed by atoms with Gasteiger partial charge >= 0.3 is 0 Å². The van der Waals surface area contributed by atoms with Crippen LogP contribution in [0, 0.1) is 5.82 Å². The fourth-order valence-electron chi connectivity index (χ4n) is 3.62. The first-order chi connectivity index (χ1) is 15.5. The van der Waals surface area contributed by atoms with E-state index in [0.717, 1.165) is 17.0 Å². The van der Waals surface area contributed by atoms with Crippen LogP contribution in [0.3, 0.4) is 0 Å². The number of benzene rings is 1. The van der Waals surface area contributed by atoms with Gasteiger partial charge in [-0.2, -0.15) is 0 Å². The van der Waals surface area contributed by atoms with Gasteiger partial charge in [0.1, 0.15) is 5.82 Å². The maximum atomic E-state index is 15.7. The Labute approximate surface area is 195 Å². The van der Waals surface area contributed by atoms with Crippen LogP contribution >= 0.6 is 11.3 Å². The maximum Gasteiger partial charge on any atom is 0.251 e. The molecule has 0 aliphatic heterocycles. The Morgan fingerprint density at radius 1 is 1.27 bits per heavy atom. The molecule has 0 atom stereocenters. The molecule has 1 aliphatic rings. The van der Waals surface area contributed by atoms with E-state index in [1.807, 2.05) is 6.92 Å². The van der Waals surface area contributed by atoms with Crippen LogP contribution in [-0.2, 0) is 21.9 Å². The molecule has 3 N–H and O–H groups in total. The molecular formula is C22H24FN5O3S2. The van der Waals surface area contributed by atoms with Crippen molar-refractivity contribution in [3.05, 3.63) is 58.2 Å². The van der Waals surface area contributed by atoms with Gasteiger partial charge in [-0.15, -0.1) is 11.3 Å². The van der Waals surface area contributed by atoms with Crippen LogP contribution in [0.5, 0.6) is 0 Å². The smallest absolute Gasteiger partial charge is 0.251 e. The Morgan fingerprint density at radius 3 is 2.64 bits per heavy atom. The fourth-order valence-corrected chi connectivity index (χ4v) is 6.09. The highest BCUT2D eigenvalue weighted by Gasteiger charge is 2.38. The summed E-state index contributed by atoms with van der Waals surface area (Å²) in [5, 5.41) is 1.50. The minimum absolute atomic E-state index is 0.184. The molecule has 1 fully saturated rings. The topological polar surface area (TPSA) is 128 Å². The minimum Gasteiger partial charge on any atom is -0.366 e. The third-order valence-electron chi connectivity index (χ3n) is 5.69. The minimum atomic E-state index is -3.48. The molecule has 1 aromatic carbocycles. The molecule has 0 radical (unpaired) electrons. The number of aromatic nitrogens is 3. The fraction of sp³-hybridized carbons (Fsp3) is 0.364. The summed E-state index contributed by atoms with van der Waals surface area (Å²) in [4.78, 5) is 25.1. The molecule has 1 aliphatic carbocycles. The molecule has 11 heteroatoms. The van der Waals surface area contributed by atoms with Crippen LogP contribution in [0.1, 0.15) is 60.9 Å². The zero-order valence-corrected chi connectivity index (χ0v) is 20.1. The normalized spacial score (nSPS) is 14.3. The van der Waals surface area contributed by atoms with Crippen molar-refractivity contribution in [2.45, 2.75) is 50.7 Å². The first kappa shape index (κ1) is 23.2. The summed E-state index contributed by atoms with van der Waals surface area (Å²) in [7, 11) is -3.48. The number of primary amides is 1. The SMILES string of the molecule is CCc1cncc(-c2ccc(C(N)=O)c(F)c2C(C)(C)c2csc(NS(=O)(=O)C3CC3)n2)n1. The molecule has 1 amide bonds. The molecule has 0 spiro atoms. The Hall–Kier alpha value is -2.92. The summed E-state index contributed by atoms with van der Waals surface area (Å²) in [5.74, 6) is -1.65. The molecule has 2 heterocycles. The lowest BCUT2D eigenvalue weighted by molar-refractivity contribution is 0.0996. The Balaban J connectivity index is 1.83. The number of nitrogens with two attached hydrogens (primary N) is 1. The second-order valence-electron chi connectivity index (χ2n) is 8.47. The lowest BCUT2D eigenvalue weighted by Crippen LogP contribution is -2.25. The number of rotatable bonds is 8. The zero-order valence-electron chi connectivity index (χ0n) is 18.4. The van der Waals surface area contributed by atoms with Crippen molar-refractivity contribution in [2.75, 3.05) is 4.72 Å². The van der Waals surface area contributed by atoms with Crippen LogP contribution in [0.2, 0.25) is 0 Å². The van der Waals surface area contributed by atoms with E-state index in [1.54, 1.807) is 31.5 Å². The predicted molar refractivity (Wildman–Crippen MR) is 125 cm³/mol. The van der Waals surface area contributed by atoms with Gasteiger partial charge in [0.25, 0.3) is 5.91 Å². The first-order valence-electron chi connectivity index (χ1n) is 10.5. The molecule has 4 rings (SSSR count). The molecule has 3 aromatic rings. The van der Waals surface area contributed by atoms with Crippen molar-refractivity contribution in [1.29, 1.82) is 0 Å². The second kappa shape index (κ2) is 8.45. The van der Waals surface area contributed by atoms with Gasteiger partial charge in [-0.3, -0.25) is 14.5 Å². The van der Waals surface area contributed by atoms with Gasteiger partial charge in [0.05, 0.1) is 34.1 Å². The van der Waals surface area contributed by atoms with Crippen molar-refractivity contribution in [3.8, 4) is 11.3 Å².